The first-order chi connectivity index (χ1) is 15.3. The van der Waals surface area contributed by atoms with E-state index in [0.29, 0.717) is 11.6 Å². The van der Waals surface area contributed by atoms with Crippen LogP contribution in [-0.4, -0.2) is 45.1 Å². The average Bonchev–Trinajstić information content (AvgIpc) is 3.29. The number of nitrogens with zero attached hydrogens (tertiary/aromatic N) is 2. The molecule has 1 aromatic heterocycles. The van der Waals surface area contributed by atoms with Crippen LogP contribution in [0.1, 0.15) is 82.5 Å². The summed E-state index contributed by atoms with van der Waals surface area (Å²) in [6.07, 6.45) is 12.2. The Labute approximate surface area is 191 Å². The number of amides is 2. The third-order valence-corrected chi connectivity index (χ3v) is 8.78. The van der Waals surface area contributed by atoms with Gasteiger partial charge in [-0.25, -0.2) is 9.97 Å². The lowest BCUT2D eigenvalue weighted by molar-refractivity contribution is -0.142. The molecular formula is C25H38N4O3. The molecule has 7 unspecified atom stereocenters. The van der Waals surface area contributed by atoms with E-state index < -0.39 is 6.10 Å². The summed E-state index contributed by atoms with van der Waals surface area (Å²) in [6.45, 7) is 6.40. The number of fused-ring (bicyclic) bond motifs is 1. The monoisotopic (exact) mass is 442 g/mol. The lowest BCUT2D eigenvalue weighted by Crippen LogP contribution is -2.58. The summed E-state index contributed by atoms with van der Waals surface area (Å²) < 4.78 is 0. The molecule has 7 atom stereocenters. The molecule has 0 aromatic carbocycles. The van der Waals surface area contributed by atoms with Crippen LogP contribution in [0.2, 0.25) is 0 Å². The van der Waals surface area contributed by atoms with Gasteiger partial charge in [0.1, 0.15) is 6.33 Å². The van der Waals surface area contributed by atoms with Crippen molar-refractivity contribution in [2.24, 2.45) is 29.1 Å². The van der Waals surface area contributed by atoms with Gasteiger partial charge in [0.2, 0.25) is 5.91 Å². The van der Waals surface area contributed by atoms with Crippen LogP contribution < -0.4 is 10.6 Å². The summed E-state index contributed by atoms with van der Waals surface area (Å²) >= 11 is 0. The minimum Gasteiger partial charge on any atom is -0.392 e. The second-order valence-corrected chi connectivity index (χ2v) is 10.8. The fourth-order valence-electron chi connectivity index (χ4n) is 6.76. The van der Waals surface area contributed by atoms with E-state index in [1.165, 1.54) is 31.6 Å². The Balaban J connectivity index is 1.44. The van der Waals surface area contributed by atoms with Crippen LogP contribution >= 0.6 is 0 Å². The maximum absolute atomic E-state index is 12.9. The maximum Gasteiger partial charge on any atom is 0.254 e. The normalized spacial score (nSPS) is 36.2. The zero-order chi connectivity index (χ0) is 22.9. The molecule has 2 amide bonds. The van der Waals surface area contributed by atoms with Crippen LogP contribution in [-0.2, 0) is 4.79 Å². The fourth-order valence-corrected chi connectivity index (χ4v) is 6.76. The predicted molar refractivity (Wildman–Crippen MR) is 122 cm³/mol. The van der Waals surface area contributed by atoms with E-state index in [-0.39, 0.29) is 46.9 Å². The van der Waals surface area contributed by atoms with Crippen molar-refractivity contribution in [3.05, 3.63) is 24.3 Å². The summed E-state index contributed by atoms with van der Waals surface area (Å²) in [6, 6.07) is 0.280. The molecule has 4 rings (SSSR count). The van der Waals surface area contributed by atoms with E-state index >= 15 is 0 Å². The molecule has 176 valence electrons. The van der Waals surface area contributed by atoms with Crippen molar-refractivity contribution in [3.8, 4) is 0 Å². The van der Waals surface area contributed by atoms with Crippen molar-refractivity contribution < 1.29 is 14.7 Å². The molecule has 0 aliphatic heterocycles. The minimum absolute atomic E-state index is 0.0168. The molecule has 3 aliphatic carbocycles. The van der Waals surface area contributed by atoms with Crippen molar-refractivity contribution >= 4 is 11.8 Å². The highest BCUT2D eigenvalue weighted by atomic mass is 16.3. The van der Waals surface area contributed by atoms with Crippen LogP contribution in [0, 0.1) is 29.1 Å². The first-order valence-corrected chi connectivity index (χ1v) is 12.3. The number of nitrogens with one attached hydrogen (secondary N) is 2. The van der Waals surface area contributed by atoms with Gasteiger partial charge in [-0.2, -0.15) is 0 Å². The number of rotatable bonds is 5. The third kappa shape index (κ3) is 4.54. The van der Waals surface area contributed by atoms with Crippen molar-refractivity contribution in [2.45, 2.75) is 90.3 Å². The number of aromatic nitrogens is 2. The fraction of sp³-hybridized carbons (Fsp3) is 0.760. The standard InChI is InChI=1S/C25H38N4O3/c1-15(23(31)28-18-6-4-5-7-18)19-8-10-25(3)11-9-20(16(2)21(25)22(19)30)29-24(32)17-12-26-14-27-13-17/h12-16,18-22,30H,4-11H2,1-3H3,(H,28,31)(H,29,32). The highest BCUT2D eigenvalue weighted by molar-refractivity contribution is 5.93. The van der Waals surface area contributed by atoms with Crippen LogP contribution in [0.25, 0.3) is 0 Å². The van der Waals surface area contributed by atoms with E-state index in [0.717, 1.165) is 38.5 Å². The van der Waals surface area contributed by atoms with Crippen molar-refractivity contribution in [2.75, 3.05) is 0 Å². The SMILES string of the molecule is CC(C(=O)NC1CCCC1)C1CCC2(C)CCC(NC(=O)c3cncnc3)C(C)C2C1O. The highest BCUT2D eigenvalue weighted by Crippen LogP contribution is 2.55. The lowest BCUT2D eigenvalue weighted by atomic mass is 9.51. The Kier molecular flexibility index (Phi) is 6.84. The molecular weight excluding hydrogens is 404 g/mol. The lowest BCUT2D eigenvalue weighted by Gasteiger charge is -2.56. The molecule has 3 fully saturated rings. The Bertz CT molecular complexity index is 813. The molecule has 0 radical (unpaired) electrons. The second kappa shape index (κ2) is 9.46. The molecule has 3 saturated carbocycles. The number of hydrogen-bond acceptors (Lipinski definition) is 5. The quantitative estimate of drug-likeness (QED) is 0.650. The molecule has 0 bridgehead atoms. The van der Waals surface area contributed by atoms with Gasteiger partial charge in [0.15, 0.2) is 0 Å². The number of carbonyl (C=O) groups excluding carboxylic acids is 2. The van der Waals surface area contributed by atoms with E-state index in [2.05, 4.69) is 34.4 Å². The second-order valence-electron chi connectivity index (χ2n) is 10.8. The van der Waals surface area contributed by atoms with E-state index in [1.807, 2.05) is 6.92 Å². The number of aliphatic hydroxyl groups excluding tert-OH is 1. The van der Waals surface area contributed by atoms with Gasteiger partial charge in [0.25, 0.3) is 5.91 Å². The third-order valence-electron chi connectivity index (χ3n) is 8.78. The minimum atomic E-state index is -0.548. The summed E-state index contributed by atoms with van der Waals surface area (Å²) in [5, 5.41) is 17.9. The highest BCUT2D eigenvalue weighted by Gasteiger charge is 2.54. The first kappa shape index (κ1) is 23.1. The van der Waals surface area contributed by atoms with E-state index in [1.54, 1.807) is 0 Å². The Morgan fingerprint density at radius 1 is 1.09 bits per heavy atom. The molecule has 32 heavy (non-hydrogen) atoms. The molecule has 7 nitrogen and oxygen atoms in total. The van der Waals surface area contributed by atoms with Crippen LogP contribution in [0.15, 0.2) is 18.7 Å². The molecule has 0 spiro atoms. The van der Waals surface area contributed by atoms with Gasteiger partial charge < -0.3 is 15.7 Å². The summed E-state index contributed by atoms with van der Waals surface area (Å²) in [4.78, 5) is 33.5. The molecule has 0 saturated heterocycles. The predicted octanol–water partition coefficient (Wildman–Crippen LogP) is 3.09. The van der Waals surface area contributed by atoms with Gasteiger partial charge in [0, 0.05) is 30.4 Å². The van der Waals surface area contributed by atoms with Gasteiger partial charge in [-0.1, -0.05) is 33.6 Å². The largest absolute Gasteiger partial charge is 0.392 e. The van der Waals surface area contributed by atoms with Gasteiger partial charge in [-0.15, -0.1) is 0 Å². The Morgan fingerprint density at radius 2 is 1.75 bits per heavy atom. The van der Waals surface area contributed by atoms with Crippen molar-refractivity contribution in [1.29, 1.82) is 0 Å². The van der Waals surface area contributed by atoms with Crippen LogP contribution in [0.3, 0.4) is 0 Å². The van der Waals surface area contributed by atoms with Crippen molar-refractivity contribution in [1.82, 2.24) is 20.6 Å². The number of aliphatic hydroxyl groups is 1. The van der Waals surface area contributed by atoms with Crippen molar-refractivity contribution in [3.63, 3.8) is 0 Å². The topological polar surface area (TPSA) is 104 Å². The smallest absolute Gasteiger partial charge is 0.254 e. The van der Waals surface area contributed by atoms with Gasteiger partial charge in [-0.05, 0) is 61.7 Å². The summed E-state index contributed by atoms with van der Waals surface area (Å²) in [7, 11) is 0. The van der Waals surface area contributed by atoms with Crippen LogP contribution in [0.4, 0.5) is 0 Å². The van der Waals surface area contributed by atoms with E-state index in [4.69, 9.17) is 0 Å². The van der Waals surface area contributed by atoms with Crippen LogP contribution in [0.5, 0.6) is 0 Å². The molecule has 7 heteroatoms. The number of hydrogen-bond donors (Lipinski definition) is 3. The van der Waals surface area contributed by atoms with Gasteiger partial charge >= 0.3 is 0 Å². The van der Waals surface area contributed by atoms with E-state index in [9.17, 15) is 14.7 Å². The van der Waals surface area contributed by atoms with Gasteiger partial charge in [-0.3, -0.25) is 9.59 Å². The average molecular weight is 443 g/mol. The molecule has 3 aliphatic rings. The molecule has 1 aromatic rings. The summed E-state index contributed by atoms with van der Waals surface area (Å²) in [5.74, 6) is -0.175. The number of carbonyl (C=O) groups is 2. The Hall–Kier alpha value is -2.02. The van der Waals surface area contributed by atoms with Gasteiger partial charge in [0.05, 0.1) is 11.7 Å². The summed E-state index contributed by atoms with van der Waals surface area (Å²) in [5.41, 5.74) is 0.487. The molecule has 3 N–H and O–H groups in total. The maximum atomic E-state index is 12.9. The first-order valence-electron chi connectivity index (χ1n) is 12.3. The molecule has 1 heterocycles. The zero-order valence-electron chi connectivity index (χ0n) is 19.6. The Morgan fingerprint density at radius 3 is 2.44 bits per heavy atom. The zero-order valence-corrected chi connectivity index (χ0v) is 19.6.